The lowest BCUT2D eigenvalue weighted by Crippen LogP contribution is -1.60. The number of rotatable bonds is 0. The van der Waals surface area contributed by atoms with Crippen molar-refractivity contribution in [2.75, 3.05) is 0 Å². The summed E-state index contributed by atoms with van der Waals surface area (Å²) in [6.45, 7) is 0. The number of furan rings is 1. The standard InChI is InChI=1S/C7H3NO/c1-2-6-3-4-7(5-8)9-6/h1,3-4H. The van der Waals surface area contributed by atoms with Crippen LogP contribution in [0.2, 0.25) is 0 Å². The van der Waals surface area contributed by atoms with E-state index in [2.05, 4.69) is 5.92 Å². The SMILES string of the molecule is C#Cc1ccc(C#N)o1. The third-order valence-corrected chi connectivity index (χ3v) is 0.858. The van der Waals surface area contributed by atoms with Gasteiger partial charge in [0.2, 0.25) is 5.76 Å². The Balaban J connectivity index is 3.08. The molecule has 0 amide bonds. The van der Waals surface area contributed by atoms with E-state index in [0.29, 0.717) is 5.76 Å². The summed E-state index contributed by atoms with van der Waals surface area (Å²) in [5.41, 5.74) is 0. The van der Waals surface area contributed by atoms with E-state index in [4.69, 9.17) is 16.1 Å². The van der Waals surface area contributed by atoms with E-state index in [-0.39, 0.29) is 5.76 Å². The first-order chi connectivity index (χ1) is 4.36. The van der Waals surface area contributed by atoms with Crippen molar-refractivity contribution < 1.29 is 4.42 Å². The summed E-state index contributed by atoms with van der Waals surface area (Å²) in [5, 5.41) is 8.23. The van der Waals surface area contributed by atoms with Gasteiger partial charge in [0.15, 0.2) is 5.76 Å². The molecular formula is C7H3NO. The molecule has 0 aromatic carbocycles. The van der Waals surface area contributed by atoms with Crippen LogP contribution in [0.3, 0.4) is 0 Å². The predicted octanol–water partition coefficient (Wildman–Crippen LogP) is 1.13. The molecule has 0 aliphatic rings. The van der Waals surface area contributed by atoms with Crippen LogP contribution < -0.4 is 0 Å². The Kier molecular flexibility index (Phi) is 1.25. The number of nitriles is 1. The Morgan fingerprint density at radius 2 is 2.11 bits per heavy atom. The van der Waals surface area contributed by atoms with E-state index in [1.165, 1.54) is 6.07 Å². The second-order valence-corrected chi connectivity index (χ2v) is 1.42. The minimum Gasteiger partial charge on any atom is -0.437 e. The Morgan fingerprint density at radius 3 is 2.44 bits per heavy atom. The van der Waals surface area contributed by atoms with Crippen LogP contribution in [0.5, 0.6) is 0 Å². The average Bonchev–Trinajstić information content (AvgIpc) is 2.34. The second-order valence-electron chi connectivity index (χ2n) is 1.42. The minimum atomic E-state index is 0.253. The fraction of sp³-hybridized carbons (Fsp3) is 0. The molecule has 0 aliphatic carbocycles. The van der Waals surface area contributed by atoms with Crippen LogP contribution in [0, 0.1) is 23.7 Å². The normalized spacial score (nSPS) is 7.78. The first-order valence-electron chi connectivity index (χ1n) is 2.33. The summed E-state index contributed by atoms with van der Waals surface area (Å²) < 4.78 is 4.78. The number of terminal acetylenes is 1. The maximum absolute atomic E-state index is 8.23. The van der Waals surface area contributed by atoms with Gasteiger partial charge in [0.25, 0.3) is 0 Å². The molecular weight excluding hydrogens is 114 g/mol. The maximum atomic E-state index is 8.23. The molecule has 0 saturated carbocycles. The Morgan fingerprint density at radius 1 is 1.44 bits per heavy atom. The van der Waals surface area contributed by atoms with Crippen molar-refractivity contribution in [3.8, 4) is 18.4 Å². The molecule has 0 aliphatic heterocycles. The van der Waals surface area contributed by atoms with Crippen molar-refractivity contribution >= 4 is 0 Å². The van der Waals surface area contributed by atoms with Gasteiger partial charge < -0.3 is 4.42 Å². The fourth-order valence-electron chi connectivity index (χ4n) is 0.476. The minimum absolute atomic E-state index is 0.253. The van der Waals surface area contributed by atoms with Crippen molar-refractivity contribution in [1.82, 2.24) is 0 Å². The lowest BCUT2D eigenvalue weighted by Gasteiger charge is -1.73. The van der Waals surface area contributed by atoms with E-state index < -0.39 is 0 Å². The van der Waals surface area contributed by atoms with Crippen LogP contribution in [0.4, 0.5) is 0 Å². The van der Waals surface area contributed by atoms with Crippen LogP contribution in [-0.4, -0.2) is 0 Å². The zero-order valence-electron chi connectivity index (χ0n) is 4.59. The topological polar surface area (TPSA) is 36.9 Å². The summed E-state index contributed by atoms with van der Waals surface area (Å²) in [7, 11) is 0. The van der Waals surface area contributed by atoms with Gasteiger partial charge in [-0.2, -0.15) is 5.26 Å². The number of hydrogen-bond donors (Lipinski definition) is 0. The third kappa shape index (κ3) is 0.925. The van der Waals surface area contributed by atoms with Gasteiger partial charge in [-0.05, 0) is 18.1 Å². The molecule has 1 aromatic heterocycles. The average molecular weight is 117 g/mol. The highest BCUT2D eigenvalue weighted by Gasteiger charge is 1.94. The van der Waals surface area contributed by atoms with Gasteiger partial charge in [0.1, 0.15) is 6.07 Å². The molecule has 1 aromatic rings. The van der Waals surface area contributed by atoms with Crippen molar-refractivity contribution in [3.63, 3.8) is 0 Å². The van der Waals surface area contributed by atoms with Gasteiger partial charge in [0.05, 0.1) is 0 Å². The summed E-state index contributed by atoms with van der Waals surface area (Å²) >= 11 is 0. The second kappa shape index (κ2) is 2.07. The lowest BCUT2D eigenvalue weighted by molar-refractivity contribution is 0.540. The molecule has 42 valence electrons. The van der Waals surface area contributed by atoms with Gasteiger partial charge >= 0.3 is 0 Å². The quantitative estimate of drug-likeness (QED) is 0.477. The van der Waals surface area contributed by atoms with Crippen LogP contribution in [0.25, 0.3) is 0 Å². The fourth-order valence-corrected chi connectivity index (χ4v) is 0.476. The molecule has 0 spiro atoms. The zero-order valence-corrected chi connectivity index (χ0v) is 4.59. The molecule has 0 radical (unpaired) electrons. The van der Waals surface area contributed by atoms with E-state index in [9.17, 15) is 0 Å². The Labute approximate surface area is 52.7 Å². The molecule has 0 bridgehead atoms. The highest BCUT2D eigenvalue weighted by atomic mass is 16.3. The molecule has 0 unspecified atom stereocenters. The van der Waals surface area contributed by atoms with E-state index >= 15 is 0 Å². The Hall–Kier alpha value is -1.67. The van der Waals surface area contributed by atoms with Crippen LogP contribution in [0.15, 0.2) is 16.5 Å². The molecule has 0 atom stereocenters. The van der Waals surface area contributed by atoms with Crippen molar-refractivity contribution in [2.24, 2.45) is 0 Å². The van der Waals surface area contributed by atoms with Gasteiger partial charge in [-0.15, -0.1) is 6.42 Å². The van der Waals surface area contributed by atoms with Crippen molar-refractivity contribution in [2.45, 2.75) is 0 Å². The first-order valence-corrected chi connectivity index (χ1v) is 2.33. The van der Waals surface area contributed by atoms with E-state index in [1.807, 2.05) is 6.07 Å². The van der Waals surface area contributed by atoms with Crippen molar-refractivity contribution in [1.29, 1.82) is 5.26 Å². The summed E-state index contributed by atoms with van der Waals surface area (Å²) in [4.78, 5) is 0. The smallest absolute Gasteiger partial charge is 0.205 e. The summed E-state index contributed by atoms with van der Waals surface area (Å²) in [6, 6.07) is 4.94. The van der Waals surface area contributed by atoms with E-state index in [0.717, 1.165) is 0 Å². The maximum Gasteiger partial charge on any atom is 0.205 e. The van der Waals surface area contributed by atoms with Gasteiger partial charge in [-0.3, -0.25) is 0 Å². The monoisotopic (exact) mass is 117 g/mol. The first kappa shape index (κ1) is 5.47. The van der Waals surface area contributed by atoms with Crippen LogP contribution in [-0.2, 0) is 0 Å². The van der Waals surface area contributed by atoms with Crippen LogP contribution >= 0.6 is 0 Å². The molecule has 9 heavy (non-hydrogen) atoms. The van der Waals surface area contributed by atoms with Gasteiger partial charge in [-0.1, -0.05) is 0 Å². The molecule has 0 N–H and O–H groups in total. The summed E-state index contributed by atoms with van der Waals surface area (Å²) in [6.07, 6.45) is 4.96. The highest BCUT2D eigenvalue weighted by Crippen LogP contribution is 2.03. The molecule has 2 nitrogen and oxygen atoms in total. The lowest BCUT2D eigenvalue weighted by atomic mass is 10.4. The highest BCUT2D eigenvalue weighted by molar-refractivity contribution is 5.27. The predicted molar refractivity (Wildman–Crippen MR) is 31.4 cm³/mol. The number of nitrogens with zero attached hydrogens (tertiary/aromatic N) is 1. The largest absolute Gasteiger partial charge is 0.437 e. The molecule has 1 heterocycles. The van der Waals surface area contributed by atoms with Gasteiger partial charge in [0, 0.05) is 0 Å². The Bertz CT molecular complexity index is 256. The molecule has 0 fully saturated rings. The number of hydrogen-bond acceptors (Lipinski definition) is 2. The molecule has 0 saturated heterocycles. The van der Waals surface area contributed by atoms with Gasteiger partial charge in [-0.25, -0.2) is 0 Å². The van der Waals surface area contributed by atoms with Crippen LogP contribution in [0.1, 0.15) is 11.5 Å². The van der Waals surface area contributed by atoms with E-state index in [1.54, 1.807) is 6.07 Å². The third-order valence-electron chi connectivity index (χ3n) is 0.858. The molecule has 1 rings (SSSR count). The summed E-state index contributed by atoms with van der Waals surface area (Å²) in [5.74, 6) is 2.91. The van der Waals surface area contributed by atoms with Crippen molar-refractivity contribution in [3.05, 3.63) is 23.7 Å². The molecule has 2 heteroatoms. The zero-order chi connectivity index (χ0) is 6.69.